The van der Waals surface area contributed by atoms with Gasteiger partial charge in [0, 0.05) is 18.9 Å². The molecule has 0 spiro atoms. The summed E-state index contributed by atoms with van der Waals surface area (Å²) >= 11 is 0. The van der Waals surface area contributed by atoms with Gasteiger partial charge in [-0.2, -0.15) is 0 Å². The molecule has 1 N–H and O–H groups in total. The molecule has 0 aromatic heterocycles. The maximum atomic E-state index is 11.5. The molecule has 4 nitrogen and oxygen atoms in total. The second kappa shape index (κ2) is 5.72. The molecule has 0 aliphatic heterocycles. The molecule has 4 heteroatoms. The second-order valence-electron chi connectivity index (χ2n) is 2.89. The second-order valence-corrected chi connectivity index (χ2v) is 2.89. The lowest BCUT2D eigenvalue weighted by Gasteiger charge is -2.22. The molecule has 0 aromatic carbocycles. The van der Waals surface area contributed by atoms with Crippen LogP contribution in [-0.2, 0) is 9.63 Å². The number of amides is 1. The van der Waals surface area contributed by atoms with Crippen molar-refractivity contribution in [2.45, 2.75) is 6.92 Å². The topological polar surface area (TPSA) is 49.8 Å². The third-order valence-corrected chi connectivity index (χ3v) is 2.13. The number of aliphatic hydroxyl groups is 1. The molecule has 0 aliphatic carbocycles. The van der Waals surface area contributed by atoms with Crippen molar-refractivity contribution in [2.75, 3.05) is 20.8 Å². The van der Waals surface area contributed by atoms with Crippen LogP contribution in [0.1, 0.15) is 6.92 Å². The summed E-state index contributed by atoms with van der Waals surface area (Å²) in [4.78, 5) is 16.2. The van der Waals surface area contributed by atoms with Crippen LogP contribution < -0.4 is 0 Å². The Morgan fingerprint density at radius 2 is 2.31 bits per heavy atom. The quantitative estimate of drug-likeness (QED) is 0.502. The van der Waals surface area contributed by atoms with Gasteiger partial charge in [0.2, 0.25) is 5.91 Å². The Kier molecular flexibility index (Phi) is 5.34. The highest BCUT2D eigenvalue weighted by Gasteiger charge is 2.23. The first-order chi connectivity index (χ1) is 6.08. The summed E-state index contributed by atoms with van der Waals surface area (Å²) in [6.07, 6.45) is 1.58. The van der Waals surface area contributed by atoms with Crippen LogP contribution in [0.3, 0.4) is 0 Å². The van der Waals surface area contributed by atoms with Crippen LogP contribution in [0.2, 0.25) is 0 Å². The van der Waals surface area contributed by atoms with Gasteiger partial charge in [0.25, 0.3) is 0 Å². The van der Waals surface area contributed by atoms with Gasteiger partial charge in [0.05, 0.1) is 13.7 Å². The minimum atomic E-state index is -0.313. The largest absolute Gasteiger partial charge is 0.396 e. The van der Waals surface area contributed by atoms with Gasteiger partial charge < -0.3 is 5.11 Å². The maximum Gasteiger partial charge on any atom is 0.249 e. The zero-order chi connectivity index (χ0) is 10.4. The van der Waals surface area contributed by atoms with E-state index >= 15 is 0 Å². The van der Waals surface area contributed by atoms with Crippen molar-refractivity contribution in [1.29, 1.82) is 0 Å². The Labute approximate surface area is 78.8 Å². The maximum absolute atomic E-state index is 11.5. The molecule has 76 valence electrons. The number of hydrogen-bond acceptors (Lipinski definition) is 3. The number of nitrogens with zero attached hydrogens (tertiary/aromatic N) is 1. The molecular formula is C9H17NO3. The van der Waals surface area contributed by atoms with Crippen LogP contribution in [-0.4, -0.2) is 36.8 Å². The van der Waals surface area contributed by atoms with Crippen LogP contribution >= 0.6 is 0 Å². The van der Waals surface area contributed by atoms with Crippen LogP contribution in [0.25, 0.3) is 0 Å². The third-order valence-electron chi connectivity index (χ3n) is 2.13. The van der Waals surface area contributed by atoms with Crippen molar-refractivity contribution in [2.24, 2.45) is 11.8 Å². The summed E-state index contributed by atoms with van der Waals surface area (Å²) < 4.78 is 0. The molecule has 0 rings (SSSR count). The lowest BCUT2D eigenvalue weighted by molar-refractivity contribution is -0.174. The molecule has 0 aromatic rings. The van der Waals surface area contributed by atoms with E-state index in [0.717, 1.165) is 5.06 Å². The lowest BCUT2D eigenvalue weighted by Crippen LogP contribution is -2.34. The van der Waals surface area contributed by atoms with Crippen molar-refractivity contribution < 1.29 is 14.7 Å². The molecule has 0 fully saturated rings. The molecule has 0 aliphatic rings. The van der Waals surface area contributed by atoms with Crippen molar-refractivity contribution in [3.63, 3.8) is 0 Å². The fourth-order valence-electron chi connectivity index (χ4n) is 0.997. The third kappa shape index (κ3) is 3.16. The van der Waals surface area contributed by atoms with Crippen LogP contribution in [0.5, 0.6) is 0 Å². The molecule has 0 saturated carbocycles. The van der Waals surface area contributed by atoms with E-state index in [2.05, 4.69) is 6.58 Å². The average molecular weight is 187 g/mol. The van der Waals surface area contributed by atoms with Crippen LogP contribution in [0.15, 0.2) is 12.7 Å². The fourth-order valence-corrected chi connectivity index (χ4v) is 0.997. The zero-order valence-corrected chi connectivity index (χ0v) is 8.36. The number of carbonyl (C=O) groups is 1. The van der Waals surface area contributed by atoms with E-state index in [4.69, 9.17) is 9.94 Å². The van der Waals surface area contributed by atoms with E-state index in [1.807, 2.05) is 0 Å². The Balaban J connectivity index is 4.30. The number of hydrogen-bond donors (Lipinski definition) is 1. The smallest absolute Gasteiger partial charge is 0.249 e. The number of carbonyl (C=O) groups excluding carboxylic acids is 1. The van der Waals surface area contributed by atoms with Gasteiger partial charge in [-0.05, 0) is 0 Å². The minimum Gasteiger partial charge on any atom is -0.396 e. The normalized spacial score (nSPS) is 14.8. The standard InChI is InChI=1S/C9H17NO3/c1-5-8(6-11)7(2)9(12)10(3)13-4/h5,7-8,11H,1,6H2,2-4H3/t7-,8+/m1/s1. The van der Waals surface area contributed by atoms with E-state index in [0.29, 0.717) is 0 Å². The molecule has 0 saturated heterocycles. The number of rotatable bonds is 5. The monoisotopic (exact) mass is 187 g/mol. The summed E-state index contributed by atoms with van der Waals surface area (Å²) in [5, 5.41) is 10.1. The summed E-state index contributed by atoms with van der Waals surface area (Å²) in [7, 11) is 2.96. The van der Waals surface area contributed by atoms with E-state index in [1.165, 1.54) is 14.2 Å². The first-order valence-electron chi connectivity index (χ1n) is 4.13. The molecule has 13 heavy (non-hydrogen) atoms. The zero-order valence-electron chi connectivity index (χ0n) is 8.36. The molecule has 0 heterocycles. The van der Waals surface area contributed by atoms with Gasteiger partial charge >= 0.3 is 0 Å². The number of aliphatic hydroxyl groups excluding tert-OH is 1. The minimum absolute atomic E-state index is 0.0754. The van der Waals surface area contributed by atoms with E-state index in [9.17, 15) is 4.79 Å². The molecule has 0 unspecified atom stereocenters. The molecule has 0 radical (unpaired) electrons. The average Bonchev–Trinajstić information content (AvgIpc) is 2.17. The van der Waals surface area contributed by atoms with Gasteiger partial charge in [-0.15, -0.1) is 6.58 Å². The predicted molar refractivity (Wildman–Crippen MR) is 49.7 cm³/mol. The van der Waals surface area contributed by atoms with Crippen LogP contribution in [0.4, 0.5) is 0 Å². The van der Waals surface area contributed by atoms with E-state index < -0.39 is 0 Å². The Hall–Kier alpha value is -0.870. The molecule has 1 amide bonds. The van der Waals surface area contributed by atoms with Gasteiger partial charge in [-0.3, -0.25) is 9.63 Å². The molecular weight excluding hydrogens is 170 g/mol. The highest BCUT2D eigenvalue weighted by molar-refractivity contribution is 5.77. The Morgan fingerprint density at radius 3 is 2.62 bits per heavy atom. The molecule has 0 bridgehead atoms. The van der Waals surface area contributed by atoms with E-state index in [-0.39, 0.29) is 24.3 Å². The van der Waals surface area contributed by atoms with Gasteiger partial charge in [-0.25, -0.2) is 5.06 Å². The summed E-state index contributed by atoms with van der Waals surface area (Å²) in [5.74, 6) is -0.695. The Bertz CT molecular complexity index is 182. The first kappa shape index (κ1) is 12.1. The highest BCUT2D eigenvalue weighted by atomic mass is 16.7. The van der Waals surface area contributed by atoms with Gasteiger partial charge in [0.1, 0.15) is 0 Å². The Morgan fingerprint density at radius 1 is 1.77 bits per heavy atom. The fraction of sp³-hybridized carbons (Fsp3) is 0.667. The molecule has 2 atom stereocenters. The summed E-state index contributed by atoms with van der Waals surface area (Å²) in [6, 6.07) is 0. The highest BCUT2D eigenvalue weighted by Crippen LogP contribution is 2.14. The number of hydroxylamine groups is 2. The first-order valence-corrected chi connectivity index (χ1v) is 4.13. The van der Waals surface area contributed by atoms with Crippen molar-refractivity contribution in [3.05, 3.63) is 12.7 Å². The van der Waals surface area contributed by atoms with Gasteiger partial charge in [0.15, 0.2) is 0 Å². The SMILES string of the molecule is C=C[C@@H](CO)[C@@H](C)C(=O)N(C)OC. The lowest BCUT2D eigenvalue weighted by atomic mass is 9.94. The van der Waals surface area contributed by atoms with Crippen LogP contribution in [0, 0.1) is 11.8 Å². The van der Waals surface area contributed by atoms with E-state index in [1.54, 1.807) is 13.0 Å². The summed E-state index contributed by atoms with van der Waals surface area (Å²) in [5.41, 5.74) is 0. The van der Waals surface area contributed by atoms with Crippen molar-refractivity contribution in [3.8, 4) is 0 Å². The summed E-state index contributed by atoms with van der Waals surface area (Å²) in [6.45, 7) is 5.21. The van der Waals surface area contributed by atoms with Crippen molar-refractivity contribution >= 4 is 5.91 Å². The van der Waals surface area contributed by atoms with Crippen molar-refractivity contribution in [1.82, 2.24) is 5.06 Å². The van der Waals surface area contributed by atoms with Gasteiger partial charge in [-0.1, -0.05) is 13.0 Å². The predicted octanol–water partition coefficient (Wildman–Crippen LogP) is 0.437.